The first-order chi connectivity index (χ1) is 9.69. The molecule has 0 saturated carbocycles. The summed E-state index contributed by atoms with van der Waals surface area (Å²) >= 11 is 0. The van der Waals surface area contributed by atoms with Gasteiger partial charge in [0.1, 0.15) is 0 Å². The Morgan fingerprint density at radius 2 is 1.90 bits per heavy atom. The van der Waals surface area contributed by atoms with E-state index in [9.17, 15) is 18.5 Å². The lowest BCUT2D eigenvalue weighted by Crippen LogP contribution is -2.36. The van der Waals surface area contributed by atoms with Gasteiger partial charge in [0, 0.05) is 24.3 Å². The van der Waals surface area contributed by atoms with E-state index in [4.69, 9.17) is 0 Å². The molecule has 0 aliphatic heterocycles. The van der Waals surface area contributed by atoms with Crippen molar-refractivity contribution in [1.29, 1.82) is 0 Å². The lowest BCUT2D eigenvalue weighted by Gasteiger charge is -2.18. The highest BCUT2D eigenvalue weighted by atomic mass is 32.2. The van der Waals surface area contributed by atoms with Gasteiger partial charge in [0.2, 0.25) is 10.0 Å². The van der Waals surface area contributed by atoms with Gasteiger partial charge in [-0.15, -0.1) is 0 Å². The molecule has 21 heavy (non-hydrogen) atoms. The number of anilines is 1. The average Bonchev–Trinajstić information content (AvgIpc) is 2.38. The molecule has 1 rings (SSSR count). The Bertz CT molecular complexity index is 614. The molecule has 7 nitrogen and oxygen atoms in total. The van der Waals surface area contributed by atoms with Crippen molar-refractivity contribution in [2.45, 2.75) is 38.6 Å². The van der Waals surface area contributed by atoms with Gasteiger partial charge < -0.3 is 5.32 Å². The predicted molar refractivity (Wildman–Crippen MR) is 81.9 cm³/mol. The molecule has 0 aliphatic carbocycles. The quantitative estimate of drug-likeness (QED) is 0.594. The van der Waals surface area contributed by atoms with E-state index in [0.717, 1.165) is 0 Å². The van der Waals surface area contributed by atoms with E-state index in [2.05, 4.69) is 10.0 Å². The fourth-order valence-electron chi connectivity index (χ4n) is 1.64. The fraction of sp³-hybridized carbons (Fsp3) is 0.538. The first-order valence-electron chi connectivity index (χ1n) is 6.73. The van der Waals surface area contributed by atoms with Crippen molar-refractivity contribution in [1.82, 2.24) is 4.72 Å². The van der Waals surface area contributed by atoms with E-state index >= 15 is 0 Å². The van der Waals surface area contributed by atoms with Crippen LogP contribution in [0.25, 0.3) is 0 Å². The minimum Gasteiger partial charge on any atom is -0.385 e. The number of hydrogen-bond acceptors (Lipinski definition) is 5. The first kappa shape index (κ1) is 17.4. The average molecular weight is 315 g/mol. The Morgan fingerprint density at radius 3 is 2.38 bits per heavy atom. The smallest absolute Gasteiger partial charge is 0.289 e. The molecule has 1 unspecified atom stereocenters. The number of nitro groups is 1. The summed E-state index contributed by atoms with van der Waals surface area (Å²) in [5.41, 5.74) is 0.0979. The van der Waals surface area contributed by atoms with Gasteiger partial charge in [-0.2, -0.15) is 0 Å². The molecule has 0 fully saturated rings. The van der Waals surface area contributed by atoms with Crippen LogP contribution in [0.1, 0.15) is 27.7 Å². The molecule has 2 N–H and O–H groups in total. The van der Waals surface area contributed by atoms with Crippen LogP contribution in [0, 0.1) is 16.0 Å². The Kier molecular flexibility index (Phi) is 5.68. The maximum absolute atomic E-state index is 12.4. The van der Waals surface area contributed by atoms with Crippen molar-refractivity contribution in [3.05, 3.63) is 28.3 Å². The van der Waals surface area contributed by atoms with Crippen LogP contribution >= 0.6 is 0 Å². The van der Waals surface area contributed by atoms with Crippen LogP contribution in [0.15, 0.2) is 23.1 Å². The van der Waals surface area contributed by atoms with E-state index in [1.807, 2.05) is 20.8 Å². The molecule has 0 aliphatic rings. The summed E-state index contributed by atoms with van der Waals surface area (Å²) in [6.45, 7) is 7.91. The van der Waals surface area contributed by atoms with Gasteiger partial charge in [-0.3, -0.25) is 10.1 Å². The molecule has 1 aromatic carbocycles. The molecule has 0 bridgehead atoms. The number of nitro benzene ring substituents is 1. The predicted octanol–water partition coefficient (Wildman–Crippen LogP) is 2.35. The summed E-state index contributed by atoms with van der Waals surface area (Å²) in [7, 11) is -3.95. The minimum atomic E-state index is -3.95. The Hall–Kier alpha value is -1.67. The molecule has 0 aromatic heterocycles. The molecular formula is C13H21N3O4S. The summed E-state index contributed by atoms with van der Waals surface area (Å²) in [6.07, 6.45) is 0. The molecule has 8 heteroatoms. The van der Waals surface area contributed by atoms with E-state index in [0.29, 0.717) is 12.2 Å². The standard InChI is InChI=1S/C13H21N3O4S/c1-5-14-11-6-7-12(16(17)18)13(8-11)21(19,20)15-10(4)9(2)3/h6-10,14-15H,5H2,1-4H3. The normalized spacial score (nSPS) is 13.2. The number of nitrogens with zero attached hydrogens (tertiary/aromatic N) is 1. The van der Waals surface area contributed by atoms with Crippen molar-refractivity contribution in [2.24, 2.45) is 5.92 Å². The number of benzene rings is 1. The molecule has 1 aromatic rings. The van der Waals surface area contributed by atoms with Crippen LogP contribution < -0.4 is 10.0 Å². The van der Waals surface area contributed by atoms with Crippen molar-refractivity contribution < 1.29 is 13.3 Å². The van der Waals surface area contributed by atoms with Crippen LogP contribution in [-0.2, 0) is 10.0 Å². The lowest BCUT2D eigenvalue weighted by atomic mass is 10.1. The van der Waals surface area contributed by atoms with Gasteiger partial charge >= 0.3 is 0 Å². The highest BCUT2D eigenvalue weighted by Gasteiger charge is 2.28. The number of nitrogens with one attached hydrogen (secondary N) is 2. The Labute approximate surface area is 124 Å². The molecule has 0 saturated heterocycles. The summed E-state index contributed by atoms with van der Waals surface area (Å²) in [6, 6.07) is 3.66. The molecule has 1 atom stereocenters. The van der Waals surface area contributed by atoms with Crippen LogP contribution in [0.2, 0.25) is 0 Å². The van der Waals surface area contributed by atoms with Gasteiger partial charge in [-0.05, 0) is 31.9 Å². The third kappa shape index (κ3) is 4.40. The minimum absolute atomic E-state index is 0.0794. The van der Waals surface area contributed by atoms with Gasteiger partial charge in [-0.1, -0.05) is 13.8 Å². The van der Waals surface area contributed by atoms with Crippen LogP contribution in [0.4, 0.5) is 11.4 Å². The zero-order valence-corrected chi connectivity index (χ0v) is 13.4. The number of sulfonamides is 1. The van der Waals surface area contributed by atoms with E-state index < -0.39 is 20.6 Å². The highest BCUT2D eigenvalue weighted by molar-refractivity contribution is 7.89. The van der Waals surface area contributed by atoms with Gasteiger partial charge in [0.15, 0.2) is 4.90 Å². The Morgan fingerprint density at radius 1 is 1.29 bits per heavy atom. The van der Waals surface area contributed by atoms with Crippen molar-refractivity contribution in [3.8, 4) is 0 Å². The van der Waals surface area contributed by atoms with Crippen molar-refractivity contribution in [2.75, 3.05) is 11.9 Å². The molecular weight excluding hydrogens is 294 g/mol. The SMILES string of the molecule is CCNc1ccc([N+](=O)[O-])c(S(=O)(=O)NC(C)C(C)C)c1. The summed E-state index contributed by atoms with van der Waals surface area (Å²) in [5.74, 6) is 0.0794. The summed E-state index contributed by atoms with van der Waals surface area (Å²) < 4.78 is 27.2. The van der Waals surface area contributed by atoms with E-state index in [-0.39, 0.29) is 16.9 Å². The van der Waals surface area contributed by atoms with Crippen molar-refractivity contribution >= 4 is 21.4 Å². The second-order valence-corrected chi connectivity index (χ2v) is 6.81. The maximum Gasteiger partial charge on any atom is 0.289 e. The zero-order valence-electron chi connectivity index (χ0n) is 12.6. The fourth-order valence-corrected chi connectivity index (χ4v) is 3.23. The topological polar surface area (TPSA) is 101 Å². The van der Waals surface area contributed by atoms with Gasteiger partial charge in [0.05, 0.1) is 4.92 Å². The van der Waals surface area contributed by atoms with Gasteiger partial charge in [0.25, 0.3) is 5.69 Å². The third-order valence-electron chi connectivity index (χ3n) is 3.17. The first-order valence-corrected chi connectivity index (χ1v) is 8.22. The number of hydrogen-bond donors (Lipinski definition) is 2. The van der Waals surface area contributed by atoms with Crippen LogP contribution in [-0.4, -0.2) is 25.9 Å². The van der Waals surface area contributed by atoms with E-state index in [1.54, 1.807) is 6.92 Å². The van der Waals surface area contributed by atoms with Crippen molar-refractivity contribution in [3.63, 3.8) is 0 Å². The Balaban J connectivity index is 3.30. The summed E-state index contributed by atoms with van der Waals surface area (Å²) in [5, 5.41) is 14.0. The zero-order chi connectivity index (χ0) is 16.2. The second kappa shape index (κ2) is 6.86. The largest absolute Gasteiger partial charge is 0.385 e. The van der Waals surface area contributed by atoms with Crippen LogP contribution in [0.5, 0.6) is 0 Å². The maximum atomic E-state index is 12.4. The van der Waals surface area contributed by atoms with Gasteiger partial charge in [-0.25, -0.2) is 13.1 Å². The molecule has 118 valence electrons. The molecule has 0 heterocycles. The number of rotatable bonds is 7. The third-order valence-corrected chi connectivity index (χ3v) is 4.76. The monoisotopic (exact) mass is 315 g/mol. The second-order valence-electron chi connectivity index (χ2n) is 5.12. The lowest BCUT2D eigenvalue weighted by molar-refractivity contribution is -0.387. The van der Waals surface area contributed by atoms with Crippen LogP contribution in [0.3, 0.4) is 0 Å². The molecule has 0 radical (unpaired) electrons. The van der Waals surface area contributed by atoms with E-state index in [1.165, 1.54) is 18.2 Å². The highest BCUT2D eigenvalue weighted by Crippen LogP contribution is 2.27. The molecule has 0 amide bonds. The summed E-state index contributed by atoms with van der Waals surface area (Å²) in [4.78, 5) is 10.0. The molecule has 0 spiro atoms.